The van der Waals surface area contributed by atoms with Crippen LogP contribution in [0, 0.1) is 0 Å². The Labute approximate surface area is 78.3 Å². The van der Waals surface area contributed by atoms with Crippen molar-refractivity contribution in [1.29, 1.82) is 0 Å². The van der Waals surface area contributed by atoms with E-state index in [4.69, 9.17) is 12.2 Å². The highest BCUT2D eigenvalue weighted by Gasteiger charge is 1.88. The van der Waals surface area contributed by atoms with E-state index >= 15 is 0 Å². The van der Waals surface area contributed by atoms with E-state index in [9.17, 15) is 0 Å². The van der Waals surface area contributed by atoms with Gasteiger partial charge in [-0.2, -0.15) is 0 Å². The Morgan fingerprint density at radius 3 is 2.64 bits per heavy atom. The summed E-state index contributed by atoms with van der Waals surface area (Å²) >= 11 is 8.68. The molecule has 0 aromatic rings. The molecule has 0 unspecified atom stereocenters. The van der Waals surface area contributed by atoms with Gasteiger partial charge in [0.2, 0.25) is 0 Å². The van der Waals surface area contributed by atoms with Crippen molar-refractivity contribution in [1.82, 2.24) is 5.32 Å². The number of nitrogens with one attached hydrogen (secondary N) is 1. The van der Waals surface area contributed by atoms with Crippen LogP contribution in [0.4, 0.5) is 0 Å². The molecule has 0 aromatic heterocycles. The molecule has 0 saturated carbocycles. The van der Waals surface area contributed by atoms with Crippen molar-refractivity contribution < 1.29 is 0 Å². The fraction of sp³-hybridized carbons (Fsp3) is 0.125. The molecule has 0 aromatic carbocycles. The van der Waals surface area contributed by atoms with Crippen LogP contribution >= 0.6 is 24.8 Å². The van der Waals surface area contributed by atoms with Crippen molar-refractivity contribution in [2.24, 2.45) is 0 Å². The summed E-state index contributed by atoms with van der Waals surface area (Å²) in [5.41, 5.74) is 0.891. The average Bonchev–Trinajstić information content (AvgIpc) is 1.87. The van der Waals surface area contributed by atoms with E-state index in [0.29, 0.717) is 4.32 Å². The molecule has 0 fully saturated rings. The molecule has 0 aliphatic heterocycles. The van der Waals surface area contributed by atoms with Gasteiger partial charge in [-0.3, -0.25) is 0 Å². The predicted molar refractivity (Wildman–Crippen MR) is 57.8 cm³/mol. The first kappa shape index (κ1) is 10.5. The third-order valence-electron chi connectivity index (χ3n) is 0.895. The fourth-order valence-corrected chi connectivity index (χ4v) is 0.816. The lowest BCUT2D eigenvalue weighted by molar-refractivity contribution is 1.23. The third-order valence-corrected chi connectivity index (χ3v) is 1.11. The molecule has 1 nitrogen and oxygen atoms in total. The second kappa shape index (κ2) is 6.19. The van der Waals surface area contributed by atoms with Gasteiger partial charge in [-0.15, -0.1) is 12.6 Å². The Bertz CT molecular complexity index is 204. The Balaban J connectivity index is 4.22. The van der Waals surface area contributed by atoms with Crippen LogP contribution < -0.4 is 5.32 Å². The van der Waals surface area contributed by atoms with E-state index in [0.717, 1.165) is 5.70 Å². The maximum atomic E-state index is 4.74. The van der Waals surface area contributed by atoms with Crippen molar-refractivity contribution >= 4 is 29.2 Å². The minimum Gasteiger partial charge on any atom is -0.341 e. The lowest BCUT2D eigenvalue weighted by atomic mass is 10.3. The molecule has 60 valence electrons. The van der Waals surface area contributed by atoms with Gasteiger partial charge in [0, 0.05) is 5.70 Å². The maximum Gasteiger partial charge on any atom is 0.135 e. The van der Waals surface area contributed by atoms with E-state index in [-0.39, 0.29) is 0 Å². The van der Waals surface area contributed by atoms with Crippen molar-refractivity contribution in [2.45, 2.75) is 6.92 Å². The van der Waals surface area contributed by atoms with Crippen molar-refractivity contribution in [3.8, 4) is 0 Å². The second-order valence-corrected chi connectivity index (χ2v) is 2.95. The number of hydrogen-bond acceptors (Lipinski definition) is 1. The van der Waals surface area contributed by atoms with Crippen LogP contribution in [0.1, 0.15) is 6.92 Å². The van der Waals surface area contributed by atoms with Gasteiger partial charge in [-0.1, -0.05) is 30.9 Å². The van der Waals surface area contributed by atoms with Gasteiger partial charge >= 0.3 is 0 Å². The summed E-state index contributed by atoms with van der Waals surface area (Å²) in [6, 6.07) is 0. The van der Waals surface area contributed by atoms with E-state index < -0.39 is 0 Å². The van der Waals surface area contributed by atoms with Gasteiger partial charge in [0.1, 0.15) is 4.32 Å². The van der Waals surface area contributed by atoms with Gasteiger partial charge in [-0.25, -0.2) is 0 Å². The Kier molecular flexibility index (Phi) is 5.88. The summed E-state index contributed by atoms with van der Waals surface area (Å²) in [5.74, 6) is 0. The highest BCUT2D eigenvalue weighted by molar-refractivity contribution is 8.11. The minimum atomic E-state index is 0.455. The summed E-state index contributed by atoms with van der Waals surface area (Å²) in [5, 5.41) is 2.88. The lowest BCUT2D eigenvalue weighted by Crippen LogP contribution is -2.13. The molecule has 0 heterocycles. The van der Waals surface area contributed by atoms with Crippen LogP contribution in [0.25, 0.3) is 0 Å². The SMILES string of the molecule is C=C/C=C(\C=C/C)NC(=S)S. The van der Waals surface area contributed by atoms with Crippen LogP contribution in [-0.2, 0) is 0 Å². The van der Waals surface area contributed by atoms with E-state index in [2.05, 4.69) is 24.5 Å². The molecule has 0 aliphatic rings. The molecule has 0 spiro atoms. The number of allylic oxidation sites excluding steroid dienone is 4. The first-order valence-corrected chi connectivity index (χ1v) is 4.01. The van der Waals surface area contributed by atoms with E-state index in [1.54, 1.807) is 6.08 Å². The zero-order valence-electron chi connectivity index (χ0n) is 6.37. The number of rotatable bonds is 3. The lowest BCUT2D eigenvalue weighted by Gasteiger charge is -2.01. The zero-order chi connectivity index (χ0) is 8.69. The molecule has 1 N–H and O–H groups in total. The quantitative estimate of drug-likeness (QED) is 0.398. The van der Waals surface area contributed by atoms with Gasteiger partial charge < -0.3 is 5.32 Å². The largest absolute Gasteiger partial charge is 0.341 e. The van der Waals surface area contributed by atoms with Gasteiger partial charge in [0.25, 0.3) is 0 Å². The molecular weight excluding hydrogens is 174 g/mol. The smallest absolute Gasteiger partial charge is 0.135 e. The molecule has 11 heavy (non-hydrogen) atoms. The predicted octanol–water partition coefficient (Wildman–Crippen LogP) is 2.44. The van der Waals surface area contributed by atoms with Crippen molar-refractivity contribution in [3.63, 3.8) is 0 Å². The molecule has 0 atom stereocenters. The van der Waals surface area contributed by atoms with Crippen LogP contribution in [-0.4, -0.2) is 4.32 Å². The normalized spacial score (nSPS) is 11.6. The number of thiol groups is 1. The van der Waals surface area contributed by atoms with Crippen LogP contribution in [0.2, 0.25) is 0 Å². The summed E-state index contributed by atoms with van der Waals surface area (Å²) in [4.78, 5) is 0. The van der Waals surface area contributed by atoms with E-state index in [1.165, 1.54) is 0 Å². The highest BCUT2D eigenvalue weighted by atomic mass is 32.1. The fourth-order valence-electron chi connectivity index (χ4n) is 0.569. The third kappa shape index (κ3) is 5.88. The van der Waals surface area contributed by atoms with Crippen LogP contribution in [0.5, 0.6) is 0 Å². The minimum absolute atomic E-state index is 0.455. The summed E-state index contributed by atoms with van der Waals surface area (Å²) in [6.45, 7) is 5.50. The highest BCUT2D eigenvalue weighted by Crippen LogP contribution is 1.94. The topological polar surface area (TPSA) is 12.0 Å². The van der Waals surface area contributed by atoms with Crippen molar-refractivity contribution in [2.75, 3.05) is 0 Å². The maximum absolute atomic E-state index is 4.74. The van der Waals surface area contributed by atoms with Crippen LogP contribution in [0.3, 0.4) is 0 Å². The van der Waals surface area contributed by atoms with Gasteiger partial charge in [0.15, 0.2) is 0 Å². The Hall–Kier alpha value is -0.540. The zero-order valence-corrected chi connectivity index (χ0v) is 8.08. The van der Waals surface area contributed by atoms with Crippen molar-refractivity contribution in [3.05, 3.63) is 36.6 Å². The second-order valence-electron chi connectivity index (χ2n) is 1.79. The molecule has 0 aliphatic carbocycles. The van der Waals surface area contributed by atoms with Crippen LogP contribution in [0.15, 0.2) is 36.6 Å². The number of hydrogen-bond donors (Lipinski definition) is 2. The Morgan fingerprint density at radius 2 is 2.27 bits per heavy atom. The molecule has 0 rings (SSSR count). The number of thiocarbonyl (C=S) groups is 1. The molecule has 0 bridgehead atoms. The molecule has 0 saturated heterocycles. The molecular formula is C8H11NS2. The van der Waals surface area contributed by atoms with Gasteiger partial charge in [-0.05, 0) is 19.1 Å². The summed E-state index contributed by atoms with van der Waals surface area (Å²) in [7, 11) is 0. The standard InChI is InChI=1S/C8H11NS2/c1-3-5-7(6-4-2)9-8(10)11/h3-6H,1H2,2H3,(H2,9,10,11)/b6-4-,7-5+. The summed E-state index contributed by atoms with van der Waals surface area (Å²) in [6.07, 6.45) is 7.31. The Morgan fingerprint density at radius 1 is 1.64 bits per heavy atom. The monoisotopic (exact) mass is 185 g/mol. The molecule has 0 radical (unpaired) electrons. The average molecular weight is 185 g/mol. The molecule has 3 heteroatoms. The first-order chi connectivity index (χ1) is 5.20. The van der Waals surface area contributed by atoms with Gasteiger partial charge in [0.05, 0.1) is 0 Å². The van der Waals surface area contributed by atoms with E-state index in [1.807, 2.05) is 25.2 Å². The molecule has 0 amide bonds. The summed E-state index contributed by atoms with van der Waals surface area (Å²) < 4.78 is 0.455. The first-order valence-electron chi connectivity index (χ1n) is 3.16.